The maximum Gasteiger partial charge on any atom is 0.0664 e. The molecule has 0 saturated heterocycles. The van der Waals surface area contributed by atoms with Crippen LogP contribution in [0.1, 0.15) is 20.8 Å². The Morgan fingerprint density at radius 2 is 2.00 bits per heavy atom. The minimum absolute atomic E-state index is 0.177. The maximum absolute atomic E-state index is 9.20. The third kappa shape index (κ3) is 4.02. The van der Waals surface area contributed by atoms with Gasteiger partial charge in [0.1, 0.15) is 0 Å². The Morgan fingerprint density at radius 1 is 1.45 bits per heavy atom. The monoisotopic (exact) mass is 155 g/mol. The molecule has 0 fully saturated rings. The number of hydrogen-bond donors (Lipinski definition) is 1. The molecule has 1 N–H and O–H groups in total. The summed E-state index contributed by atoms with van der Waals surface area (Å²) in [6.45, 7) is 6.33. The second kappa shape index (κ2) is 5.17. The van der Waals surface area contributed by atoms with E-state index in [-0.39, 0.29) is 12.1 Å². The van der Waals surface area contributed by atoms with Crippen LogP contribution in [0.5, 0.6) is 0 Å². The summed E-state index contributed by atoms with van der Waals surface area (Å²) in [6, 6.07) is 0.177. The average molecular weight is 155 g/mol. The van der Waals surface area contributed by atoms with E-state index in [0.29, 0.717) is 0 Å². The molecule has 0 radical (unpaired) electrons. The van der Waals surface area contributed by atoms with Gasteiger partial charge in [0.05, 0.1) is 12.6 Å². The van der Waals surface area contributed by atoms with E-state index in [2.05, 4.69) is 11.8 Å². The molecule has 0 aliphatic rings. The zero-order valence-electron chi connectivity index (χ0n) is 7.76. The van der Waals surface area contributed by atoms with Crippen molar-refractivity contribution in [3.8, 4) is 11.8 Å². The van der Waals surface area contributed by atoms with Gasteiger partial charge in [-0.2, -0.15) is 0 Å². The molecule has 11 heavy (non-hydrogen) atoms. The molecule has 2 nitrogen and oxygen atoms in total. The van der Waals surface area contributed by atoms with Crippen LogP contribution in [0.25, 0.3) is 0 Å². The lowest BCUT2D eigenvalue weighted by Crippen LogP contribution is -2.37. The average Bonchev–Trinajstić information content (AvgIpc) is 1.98. The van der Waals surface area contributed by atoms with Gasteiger partial charge in [0.2, 0.25) is 0 Å². The molecule has 0 rings (SSSR count). The Kier molecular flexibility index (Phi) is 4.93. The Bertz CT molecular complexity index is 155. The van der Waals surface area contributed by atoms with Crippen LogP contribution in [0.2, 0.25) is 0 Å². The van der Waals surface area contributed by atoms with E-state index >= 15 is 0 Å². The molecule has 0 aromatic heterocycles. The number of likely N-dealkylation sites (N-methyl/N-ethyl adjacent to an activating group) is 1. The van der Waals surface area contributed by atoms with E-state index in [1.54, 1.807) is 6.92 Å². The zero-order chi connectivity index (χ0) is 8.85. The molecule has 0 aromatic carbocycles. The van der Waals surface area contributed by atoms with Crippen molar-refractivity contribution in [3.63, 3.8) is 0 Å². The van der Waals surface area contributed by atoms with Gasteiger partial charge in [0.25, 0.3) is 0 Å². The lowest BCUT2D eigenvalue weighted by Gasteiger charge is -2.24. The third-order valence-electron chi connectivity index (χ3n) is 1.90. The SMILES string of the molecule is CC#CCN(C)C(C)C(C)O. The van der Waals surface area contributed by atoms with Crippen molar-refractivity contribution in [2.75, 3.05) is 13.6 Å². The largest absolute Gasteiger partial charge is 0.392 e. The normalized spacial score (nSPS) is 15.5. The van der Waals surface area contributed by atoms with E-state index in [1.807, 2.05) is 25.8 Å². The van der Waals surface area contributed by atoms with Crippen molar-refractivity contribution in [2.24, 2.45) is 0 Å². The zero-order valence-corrected chi connectivity index (χ0v) is 7.76. The number of aliphatic hydroxyl groups excluding tert-OH is 1. The second-order valence-electron chi connectivity index (χ2n) is 2.82. The van der Waals surface area contributed by atoms with Gasteiger partial charge in [-0.1, -0.05) is 5.92 Å². The fourth-order valence-electron chi connectivity index (χ4n) is 0.716. The number of nitrogens with zero attached hydrogens (tertiary/aromatic N) is 1. The van der Waals surface area contributed by atoms with Crippen LogP contribution in [0.4, 0.5) is 0 Å². The van der Waals surface area contributed by atoms with Crippen molar-refractivity contribution in [1.29, 1.82) is 0 Å². The molecule has 0 spiro atoms. The predicted molar refractivity (Wildman–Crippen MR) is 47.2 cm³/mol. The van der Waals surface area contributed by atoms with Gasteiger partial charge in [-0.15, -0.1) is 5.92 Å². The van der Waals surface area contributed by atoms with Crippen LogP contribution in [0, 0.1) is 11.8 Å². The maximum atomic E-state index is 9.20. The smallest absolute Gasteiger partial charge is 0.0664 e. The molecule has 0 amide bonds. The lowest BCUT2D eigenvalue weighted by molar-refractivity contribution is 0.0943. The van der Waals surface area contributed by atoms with Crippen molar-refractivity contribution in [2.45, 2.75) is 32.9 Å². The number of rotatable bonds is 3. The van der Waals surface area contributed by atoms with Crippen LogP contribution in [-0.2, 0) is 0 Å². The molecule has 2 heteroatoms. The summed E-state index contributed by atoms with van der Waals surface area (Å²) in [5.41, 5.74) is 0. The molecule has 0 aliphatic carbocycles. The summed E-state index contributed by atoms with van der Waals surface area (Å²) in [7, 11) is 1.96. The van der Waals surface area contributed by atoms with Crippen LogP contribution in [0.3, 0.4) is 0 Å². The van der Waals surface area contributed by atoms with E-state index in [4.69, 9.17) is 0 Å². The highest BCUT2D eigenvalue weighted by atomic mass is 16.3. The van der Waals surface area contributed by atoms with E-state index in [0.717, 1.165) is 6.54 Å². The van der Waals surface area contributed by atoms with Crippen LogP contribution >= 0.6 is 0 Å². The first-order valence-electron chi connectivity index (χ1n) is 3.87. The second-order valence-corrected chi connectivity index (χ2v) is 2.82. The molecule has 0 bridgehead atoms. The third-order valence-corrected chi connectivity index (χ3v) is 1.90. The highest BCUT2D eigenvalue weighted by Crippen LogP contribution is 1.99. The molecule has 2 atom stereocenters. The molecular weight excluding hydrogens is 138 g/mol. The van der Waals surface area contributed by atoms with Gasteiger partial charge in [0.15, 0.2) is 0 Å². The summed E-state index contributed by atoms with van der Waals surface area (Å²) in [5.74, 6) is 5.77. The molecule has 2 unspecified atom stereocenters. The van der Waals surface area contributed by atoms with Gasteiger partial charge < -0.3 is 5.11 Å². The Labute approximate surface area is 69.2 Å². The quantitative estimate of drug-likeness (QED) is 0.607. The van der Waals surface area contributed by atoms with Gasteiger partial charge in [0, 0.05) is 6.04 Å². The molecule has 0 saturated carbocycles. The summed E-state index contributed by atoms with van der Waals surface area (Å²) in [5, 5.41) is 9.20. The van der Waals surface area contributed by atoms with Crippen LogP contribution < -0.4 is 0 Å². The van der Waals surface area contributed by atoms with Crippen molar-refractivity contribution < 1.29 is 5.11 Å². The lowest BCUT2D eigenvalue weighted by atomic mass is 10.2. The minimum Gasteiger partial charge on any atom is -0.392 e. The molecular formula is C9H17NO. The molecule has 0 aliphatic heterocycles. The standard InChI is InChI=1S/C9H17NO/c1-5-6-7-10(4)8(2)9(3)11/h8-9,11H,7H2,1-4H3. The number of hydrogen-bond acceptors (Lipinski definition) is 2. The van der Waals surface area contributed by atoms with Crippen LogP contribution in [-0.4, -0.2) is 35.7 Å². The topological polar surface area (TPSA) is 23.5 Å². The highest BCUT2D eigenvalue weighted by Gasteiger charge is 2.12. The fraction of sp³-hybridized carbons (Fsp3) is 0.778. The van der Waals surface area contributed by atoms with Crippen LogP contribution in [0.15, 0.2) is 0 Å². The Hall–Kier alpha value is -0.520. The molecule has 0 heterocycles. The summed E-state index contributed by atoms with van der Waals surface area (Å²) < 4.78 is 0. The molecule has 64 valence electrons. The van der Waals surface area contributed by atoms with Gasteiger partial charge in [-0.25, -0.2) is 0 Å². The van der Waals surface area contributed by atoms with Gasteiger partial charge >= 0.3 is 0 Å². The summed E-state index contributed by atoms with van der Waals surface area (Å²) in [6.07, 6.45) is -0.293. The Balaban J connectivity index is 3.78. The van der Waals surface area contributed by atoms with Crippen molar-refractivity contribution >= 4 is 0 Å². The summed E-state index contributed by atoms with van der Waals surface area (Å²) >= 11 is 0. The molecule has 0 aromatic rings. The van der Waals surface area contributed by atoms with E-state index in [1.165, 1.54) is 0 Å². The predicted octanol–water partition coefficient (Wildman–Crippen LogP) is 0.711. The fourth-order valence-corrected chi connectivity index (χ4v) is 0.716. The number of aliphatic hydroxyl groups is 1. The van der Waals surface area contributed by atoms with E-state index in [9.17, 15) is 5.11 Å². The first kappa shape index (κ1) is 10.5. The summed E-state index contributed by atoms with van der Waals surface area (Å²) in [4.78, 5) is 2.03. The first-order valence-corrected chi connectivity index (χ1v) is 3.87. The van der Waals surface area contributed by atoms with Gasteiger partial charge in [-0.05, 0) is 27.8 Å². The van der Waals surface area contributed by atoms with Crippen molar-refractivity contribution in [1.82, 2.24) is 4.90 Å². The highest BCUT2D eigenvalue weighted by molar-refractivity contribution is 4.98. The van der Waals surface area contributed by atoms with E-state index < -0.39 is 0 Å². The first-order chi connectivity index (χ1) is 5.09. The van der Waals surface area contributed by atoms with Crippen molar-refractivity contribution in [3.05, 3.63) is 0 Å². The Morgan fingerprint density at radius 3 is 2.36 bits per heavy atom. The minimum atomic E-state index is -0.293. The van der Waals surface area contributed by atoms with Gasteiger partial charge in [-0.3, -0.25) is 4.90 Å².